The molecule has 7 heteroatoms. The normalized spacial score (nSPS) is 14.3. The van der Waals surface area contributed by atoms with E-state index in [2.05, 4.69) is 19.2 Å². The highest BCUT2D eigenvalue weighted by atomic mass is 35.5. The van der Waals surface area contributed by atoms with Gasteiger partial charge in [-0.2, -0.15) is 0 Å². The molecule has 0 saturated carbocycles. The molecule has 1 aliphatic rings. The number of ether oxygens (including phenoxy) is 1. The highest BCUT2D eigenvalue weighted by molar-refractivity contribution is 7.12. The summed E-state index contributed by atoms with van der Waals surface area (Å²) in [4.78, 5) is 30.9. The van der Waals surface area contributed by atoms with Crippen LogP contribution in [0.25, 0.3) is 0 Å². The van der Waals surface area contributed by atoms with Crippen LogP contribution in [0, 0.1) is 0 Å². The summed E-state index contributed by atoms with van der Waals surface area (Å²) in [5.41, 5.74) is 3.62. The highest BCUT2D eigenvalue weighted by Gasteiger charge is 2.28. The van der Waals surface area contributed by atoms with Crippen LogP contribution in [0.15, 0.2) is 58.9 Å². The maximum atomic E-state index is 13.2. The van der Waals surface area contributed by atoms with Crippen LogP contribution in [0.4, 0.5) is 5.69 Å². The molecule has 0 fully saturated rings. The Balaban J connectivity index is 1.57. The molecule has 0 aliphatic carbocycles. The van der Waals surface area contributed by atoms with Gasteiger partial charge < -0.3 is 10.1 Å². The summed E-state index contributed by atoms with van der Waals surface area (Å²) in [6.45, 7) is 4.13. The first-order valence-corrected chi connectivity index (χ1v) is 11.4. The Morgan fingerprint density at radius 3 is 2.72 bits per heavy atom. The molecule has 1 aromatic heterocycles. The van der Waals surface area contributed by atoms with Crippen LogP contribution < -0.4 is 10.1 Å². The van der Waals surface area contributed by atoms with Crippen molar-refractivity contribution in [3.63, 3.8) is 0 Å². The fraction of sp³-hybridized carbons (Fsp3) is 0.240. The van der Waals surface area contributed by atoms with Crippen LogP contribution in [0.3, 0.4) is 0 Å². The summed E-state index contributed by atoms with van der Waals surface area (Å²) in [5, 5.41) is 4.99. The van der Waals surface area contributed by atoms with Crippen molar-refractivity contribution in [2.45, 2.75) is 32.2 Å². The molecule has 0 bridgehead atoms. The van der Waals surface area contributed by atoms with Crippen molar-refractivity contribution < 1.29 is 14.3 Å². The monoisotopic (exact) mass is 466 g/mol. The number of nitrogens with one attached hydrogen (secondary N) is 1. The van der Waals surface area contributed by atoms with Gasteiger partial charge in [0.1, 0.15) is 10.6 Å². The molecular formula is C25H23ClN2O3S. The zero-order valence-corrected chi connectivity index (χ0v) is 19.6. The van der Waals surface area contributed by atoms with E-state index in [0.717, 1.165) is 29.0 Å². The van der Waals surface area contributed by atoms with Gasteiger partial charge in [0.2, 0.25) is 0 Å². The number of nitrogens with zero attached hydrogens (tertiary/aromatic N) is 1. The molecule has 0 spiro atoms. The Morgan fingerprint density at radius 1 is 1.19 bits per heavy atom. The van der Waals surface area contributed by atoms with E-state index in [4.69, 9.17) is 21.3 Å². The Morgan fingerprint density at radius 2 is 2.00 bits per heavy atom. The zero-order chi connectivity index (χ0) is 22.9. The second-order valence-corrected chi connectivity index (χ2v) is 9.63. The lowest BCUT2D eigenvalue weighted by Gasteiger charge is -2.29. The SMILES string of the molecule is COc1ccc2c(c1)C(CC(=O)c1cccc(NC(=O)c3sccc3Cl)c1)=NC(C)(C)C2. The molecule has 5 nitrogen and oxygen atoms in total. The molecule has 164 valence electrons. The number of carbonyl (C=O) groups is 2. The lowest BCUT2D eigenvalue weighted by molar-refractivity contribution is 0.0997. The summed E-state index contributed by atoms with van der Waals surface area (Å²) < 4.78 is 5.37. The number of hydrogen-bond donors (Lipinski definition) is 1. The van der Waals surface area contributed by atoms with E-state index in [0.29, 0.717) is 21.2 Å². The number of hydrogen-bond acceptors (Lipinski definition) is 5. The summed E-state index contributed by atoms with van der Waals surface area (Å²) >= 11 is 7.32. The number of methoxy groups -OCH3 is 1. The minimum absolute atomic E-state index is 0.0690. The average Bonchev–Trinajstić information content (AvgIpc) is 3.19. The molecule has 1 amide bonds. The Labute approximate surface area is 196 Å². The molecule has 0 unspecified atom stereocenters. The maximum absolute atomic E-state index is 13.2. The molecule has 1 aliphatic heterocycles. The predicted molar refractivity (Wildman–Crippen MR) is 130 cm³/mol. The van der Waals surface area contributed by atoms with Crippen molar-refractivity contribution in [1.29, 1.82) is 0 Å². The third kappa shape index (κ3) is 4.76. The van der Waals surface area contributed by atoms with E-state index in [9.17, 15) is 9.59 Å². The maximum Gasteiger partial charge on any atom is 0.267 e. The Kier molecular flexibility index (Phi) is 6.17. The van der Waals surface area contributed by atoms with E-state index in [-0.39, 0.29) is 23.7 Å². The Bertz CT molecular complexity index is 1230. The van der Waals surface area contributed by atoms with Crippen LogP contribution in [0.5, 0.6) is 5.75 Å². The first-order chi connectivity index (χ1) is 15.3. The van der Waals surface area contributed by atoms with Crippen LogP contribution in [0.2, 0.25) is 5.02 Å². The number of rotatable bonds is 6. The van der Waals surface area contributed by atoms with Crippen LogP contribution >= 0.6 is 22.9 Å². The van der Waals surface area contributed by atoms with Gasteiger partial charge >= 0.3 is 0 Å². The molecule has 32 heavy (non-hydrogen) atoms. The minimum Gasteiger partial charge on any atom is -0.497 e. The van der Waals surface area contributed by atoms with E-state index in [1.54, 1.807) is 42.8 Å². The largest absolute Gasteiger partial charge is 0.497 e. The standard InChI is InChI=1S/C25H23ClN2O3S/c1-25(2)14-16-7-8-18(31-3)12-19(16)21(28-25)13-22(29)15-5-4-6-17(11-15)27-24(30)23-20(26)9-10-32-23/h4-12H,13-14H2,1-3H3,(H,27,30). The van der Waals surface area contributed by atoms with Crippen molar-refractivity contribution in [1.82, 2.24) is 0 Å². The number of Topliss-reactive ketones (excluding diaryl/α,β-unsaturated/α-hetero) is 1. The van der Waals surface area contributed by atoms with Crippen molar-refractivity contribution in [2.24, 2.45) is 4.99 Å². The van der Waals surface area contributed by atoms with Gasteiger partial charge in [-0.1, -0.05) is 29.8 Å². The fourth-order valence-corrected chi connectivity index (χ4v) is 4.88. The minimum atomic E-state index is -0.297. The van der Waals surface area contributed by atoms with E-state index >= 15 is 0 Å². The van der Waals surface area contributed by atoms with Gasteiger partial charge in [-0.3, -0.25) is 14.6 Å². The van der Waals surface area contributed by atoms with Gasteiger partial charge in [0.05, 0.1) is 29.8 Å². The number of aliphatic imine (C=N–C) groups is 1. The first-order valence-electron chi connectivity index (χ1n) is 10.2. The molecule has 2 heterocycles. The molecule has 3 aromatic rings. The fourth-order valence-electron chi connectivity index (χ4n) is 3.84. The quantitative estimate of drug-likeness (QED) is 0.449. The van der Waals surface area contributed by atoms with Gasteiger partial charge in [-0.05, 0) is 61.5 Å². The highest BCUT2D eigenvalue weighted by Crippen LogP contribution is 2.31. The Hall–Kier alpha value is -2.96. The number of fused-ring (bicyclic) bond motifs is 1. The second-order valence-electron chi connectivity index (χ2n) is 8.30. The molecule has 1 N–H and O–H groups in total. The van der Waals surface area contributed by atoms with Gasteiger partial charge in [0.15, 0.2) is 5.78 Å². The lowest BCUT2D eigenvalue weighted by atomic mass is 9.85. The molecule has 2 aromatic carbocycles. The van der Waals surface area contributed by atoms with Crippen LogP contribution in [0.1, 0.15) is 51.4 Å². The van der Waals surface area contributed by atoms with Gasteiger partial charge in [0.25, 0.3) is 5.91 Å². The van der Waals surface area contributed by atoms with E-state index in [1.807, 2.05) is 18.2 Å². The summed E-state index contributed by atoms with van der Waals surface area (Å²) in [7, 11) is 1.62. The first kappa shape index (κ1) is 22.2. The number of amides is 1. The van der Waals surface area contributed by atoms with Crippen molar-refractivity contribution in [3.8, 4) is 5.75 Å². The van der Waals surface area contributed by atoms with Crippen molar-refractivity contribution in [3.05, 3.63) is 80.5 Å². The molecule has 0 atom stereocenters. The smallest absolute Gasteiger partial charge is 0.267 e. The number of ketones is 1. The zero-order valence-electron chi connectivity index (χ0n) is 18.1. The van der Waals surface area contributed by atoms with E-state index in [1.165, 1.54) is 11.3 Å². The van der Waals surface area contributed by atoms with Crippen molar-refractivity contribution in [2.75, 3.05) is 12.4 Å². The molecular weight excluding hydrogens is 444 g/mol. The topological polar surface area (TPSA) is 67.8 Å². The molecule has 0 saturated heterocycles. The van der Waals surface area contributed by atoms with Gasteiger partial charge in [-0.15, -0.1) is 11.3 Å². The summed E-state index contributed by atoms with van der Waals surface area (Å²) in [6.07, 6.45) is 0.967. The second kappa shape index (κ2) is 8.88. The van der Waals surface area contributed by atoms with Gasteiger partial charge in [-0.25, -0.2) is 0 Å². The van der Waals surface area contributed by atoms with E-state index < -0.39 is 0 Å². The average molecular weight is 467 g/mol. The van der Waals surface area contributed by atoms with Crippen LogP contribution in [-0.4, -0.2) is 30.1 Å². The number of anilines is 1. The number of carbonyl (C=O) groups excluding carboxylic acids is 2. The number of benzene rings is 2. The number of thiophene rings is 1. The van der Waals surface area contributed by atoms with Crippen LogP contribution in [-0.2, 0) is 6.42 Å². The summed E-state index contributed by atoms with van der Waals surface area (Å²) in [5.74, 6) is 0.370. The van der Waals surface area contributed by atoms with Gasteiger partial charge in [0, 0.05) is 16.8 Å². The van der Waals surface area contributed by atoms with Crippen molar-refractivity contribution >= 4 is 46.0 Å². The third-order valence-corrected chi connectivity index (χ3v) is 6.62. The summed E-state index contributed by atoms with van der Waals surface area (Å²) in [6, 6.07) is 14.5. The third-order valence-electron chi connectivity index (χ3n) is 5.28. The number of halogens is 1. The lowest BCUT2D eigenvalue weighted by Crippen LogP contribution is -2.30. The predicted octanol–water partition coefficient (Wildman–Crippen LogP) is 6.06. The molecule has 4 rings (SSSR count). The molecule has 0 radical (unpaired) electrons.